The Bertz CT molecular complexity index is 724. The van der Waals surface area contributed by atoms with Crippen LogP contribution in [0.2, 0.25) is 0 Å². The van der Waals surface area contributed by atoms with Gasteiger partial charge in [-0.1, -0.05) is 69.9 Å². The van der Waals surface area contributed by atoms with Crippen molar-refractivity contribution in [2.45, 2.75) is 132 Å². The van der Waals surface area contributed by atoms with E-state index in [2.05, 4.69) is 84.9 Å². The van der Waals surface area contributed by atoms with E-state index in [4.69, 9.17) is 0 Å². The molecule has 1 saturated carbocycles. The van der Waals surface area contributed by atoms with Crippen molar-refractivity contribution in [1.82, 2.24) is 0 Å². The molecular weight excluding hydrogens is 396 g/mol. The van der Waals surface area contributed by atoms with Crippen LogP contribution in [-0.2, 0) is 0 Å². The zero-order valence-electron chi connectivity index (χ0n) is 23.2. The normalized spacial score (nSPS) is 16.4. The zero-order valence-corrected chi connectivity index (χ0v) is 23.2. The fourth-order valence-electron chi connectivity index (χ4n) is 4.16. The van der Waals surface area contributed by atoms with E-state index in [9.17, 15) is 0 Å². The molecule has 186 valence electrons. The molecule has 1 fully saturated rings. The third-order valence-electron chi connectivity index (χ3n) is 6.65. The van der Waals surface area contributed by atoms with Crippen molar-refractivity contribution >= 4 is 0 Å². The Hall–Kier alpha value is -1.56. The molecule has 1 aliphatic carbocycles. The highest BCUT2D eigenvalue weighted by Crippen LogP contribution is 2.35. The standard InChI is InChI=1S/C33H54/c1-27(2)14-10-17-30(5)20-11-18-28(3)15-8-9-16-29(4)19-12-21-31(6)22-13-23-32(7)26-33-24-25-33/h14-16,20-21,23,33H,8-13,17-19,22,24-26H2,1-7H3. The van der Waals surface area contributed by atoms with Crippen molar-refractivity contribution in [3.8, 4) is 0 Å². The maximum absolute atomic E-state index is 2.47. The molecule has 0 unspecified atom stereocenters. The Morgan fingerprint density at radius 1 is 0.455 bits per heavy atom. The molecule has 0 atom stereocenters. The molecule has 0 radical (unpaired) electrons. The van der Waals surface area contributed by atoms with Gasteiger partial charge in [-0.05, 0) is 138 Å². The molecule has 1 aliphatic rings. The average molecular weight is 451 g/mol. The molecule has 33 heavy (non-hydrogen) atoms. The maximum Gasteiger partial charge on any atom is -0.0288 e. The summed E-state index contributed by atoms with van der Waals surface area (Å²) in [7, 11) is 0. The summed E-state index contributed by atoms with van der Waals surface area (Å²) in [6, 6.07) is 0. The predicted octanol–water partition coefficient (Wildman–Crippen LogP) is 11.4. The molecule has 0 aliphatic heterocycles. The molecule has 0 aromatic heterocycles. The van der Waals surface area contributed by atoms with Crippen LogP contribution in [0, 0.1) is 5.92 Å². The van der Waals surface area contributed by atoms with Gasteiger partial charge in [0.15, 0.2) is 0 Å². The molecule has 0 heterocycles. The van der Waals surface area contributed by atoms with Crippen LogP contribution in [0.15, 0.2) is 69.9 Å². The van der Waals surface area contributed by atoms with Crippen LogP contribution in [0.3, 0.4) is 0 Å². The van der Waals surface area contributed by atoms with E-state index in [1.54, 1.807) is 16.7 Å². The Morgan fingerprint density at radius 3 is 1.15 bits per heavy atom. The highest BCUT2D eigenvalue weighted by molar-refractivity contribution is 5.08. The van der Waals surface area contributed by atoms with Crippen LogP contribution < -0.4 is 0 Å². The van der Waals surface area contributed by atoms with Gasteiger partial charge in [-0.15, -0.1) is 0 Å². The third kappa shape index (κ3) is 18.5. The van der Waals surface area contributed by atoms with Gasteiger partial charge in [0, 0.05) is 0 Å². The van der Waals surface area contributed by atoms with Gasteiger partial charge in [-0.2, -0.15) is 0 Å². The number of unbranched alkanes of at least 4 members (excludes halogenated alkanes) is 1. The maximum atomic E-state index is 2.47. The highest BCUT2D eigenvalue weighted by Gasteiger charge is 2.20. The molecule has 0 amide bonds. The molecule has 0 spiro atoms. The minimum atomic E-state index is 1.01. The van der Waals surface area contributed by atoms with Gasteiger partial charge in [-0.3, -0.25) is 0 Å². The van der Waals surface area contributed by atoms with E-state index in [1.165, 1.54) is 100 Å². The Morgan fingerprint density at radius 2 is 0.788 bits per heavy atom. The second-order valence-electron chi connectivity index (χ2n) is 10.9. The number of rotatable bonds is 17. The van der Waals surface area contributed by atoms with Crippen molar-refractivity contribution in [2.24, 2.45) is 5.92 Å². The van der Waals surface area contributed by atoms with E-state index in [1.807, 2.05) is 0 Å². The molecule has 0 aromatic rings. The summed E-state index contributed by atoms with van der Waals surface area (Å²) >= 11 is 0. The first-order chi connectivity index (χ1) is 15.8. The number of allylic oxidation sites excluding steroid dienone is 12. The molecule has 0 heteroatoms. The topological polar surface area (TPSA) is 0 Å². The fraction of sp³-hybridized carbons (Fsp3) is 0.636. The average Bonchev–Trinajstić information content (AvgIpc) is 3.55. The smallest absolute Gasteiger partial charge is 0.0288 e. The zero-order chi connectivity index (χ0) is 24.5. The first-order valence-corrected chi connectivity index (χ1v) is 13.7. The molecule has 0 nitrogen and oxygen atoms in total. The van der Waals surface area contributed by atoms with Crippen LogP contribution in [0.1, 0.15) is 132 Å². The summed E-state index contributed by atoms with van der Waals surface area (Å²) in [4.78, 5) is 0. The first-order valence-electron chi connectivity index (χ1n) is 13.7. The van der Waals surface area contributed by atoms with Gasteiger partial charge < -0.3 is 0 Å². The molecule has 0 aromatic carbocycles. The first kappa shape index (κ1) is 29.5. The van der Waals surface area contributed by atoms with Crippen molar-refractivity contribution in [3.05, 3.63) is 69.9 Å². The Kier molecular flexibility index (Phi) is 15.9. The predicted molar refractivity (Wildman–Crippen MR) is 152 cm³/mol. The second-order valence-corrected chi connectivity index (χ2v) is 10.9. The Labute approximate surface area is 207 Å². The van der Waals surface area contributed by atoms with Crippen LogP contribution in [-0.4, -0.2) is 0 Å². The van der Waals surface area contributed by atoms with Crippen molar-refractivity contribution < 1.29 is 0 Å². The monoisotopic (exact) mass is 450 g/mol. The minimum Gasteiger partial charge on any atom is -0.0856 e. The summed E-state index contributed by atoms with van der Waals surface area (Å²) in [6.45, 7) is 15.8. The van der Waals surface area contributed by atoms with Gasteiger partial charge in [0.05, 0.1) is 0 Å². The van der Waals surface area contributed by atoms with Crippen LogP contribution >= 0.6 is 0 Å². The van der Waals surface area contributed by atoms with E-state index in [0.29, 0.717) is 0 Å². The molecule has 0 saturated heterocycles. The van der Waals surface area contributed by atoms with Crippen molar-refractivity contribution in [2.75, 3.05) is 0 Å². The lowest BCUT2D eigenvalue weighted by molar-refractivity contribution is 0.809. The number of hydrogen-bond donors (Lipinski definition) is 0. The summed E-state index contributed by atoms with van der Waals surface area (Å²) < 4.78 is 0. The van der Waals surface area contributed by atoms with Crippen molar-refractivity contribution in [3.63, 3.8) is 0 Å². The number of hydrogen-bond acceptors (Lipinski definition) is 0. The van der Waals surface area contributed by atoms with Gasteiger partial charge in [0.25, 0.3) is 0 Å². The molecule has 0 bridgehead atoms. The summed E-state index contributed by atoms with van der Waals surface area (Å²) in [5.74, 6) is 1.01. The van der Waals surface area contributed by atoms with Gasteiger partial charge in [0.2, 0.25) is 0 Å². The quantitative estimate of drug-likeness (QED) is 0.153. The summed E-state index contributed by atoms with van der Waals surface area (Å²) in [5, 5.41) is 0. The highest BCUT2D eigenvalue weighted by atomic mass is 14.3. The summed E-state index contributed by atoms with van der Waals surface area (Å²) in [6.07, 6.45) is 30.8. The van der Waals surface area contributed by atoms with Crippen LogP contribution in [0.4, 0.5) is 0 Å². The largest absolute Gasteiger partial charge is 0.0856 e. The van der Waals surface area contributed by atoms with Gasteiger partial charge in [0.1, 0.15) is 0 Å². The lowest BCUT2D eigenvalue weighted by Gasteiger charge is -2.03. The molecule has 0 N–H and O–H groups in total. The van der Waals surface area contributed by atoms with Gasteiger partial charge in [-0.25, -0.2) is 0 Å². The second kappa shape index (κ2) is 17.9. The molecule has 1 rings (SSSR count). The van der Waals surface area contributed by atoms with E-state index < -0.39 is 0 Å². The minimum absolute atomic E-state index is 1.01. The summed E-state index contributed by atoms with van der Waals surface area (Å²) in [5.41, 5.74) is 9.20. The van der Waals surface area contributed by atoms with Crippen LogP contribution in [0.25, 0.3) is 0 Å². The van der Waals surface area contributed by atoms with E-state index in [-0.39, 0.29) is 0 Å². The van der Waals surface area contributed by atoms with E-state index >= 15 is 0 Å². The fourth-order valence-corrected chi connectivity index (χ4v) is 4.16. The SMILES string of the molecule is CC(C)=CCCC(C)=CCCC(C)=CCCC=C(C)CCC=C(C)CCC=C(C)CC1CC1. The lowest BCUT2D eigenvalue weighted by Crippen LogP contribution is -1.83. The van der Waals surface area contributed by atoms with Gasteiger partial charge >= 0.3 is 0 Å². The lowest BCUT2D eigenvalue weighted by atomic mass is 10.0. The Balaban J connectivity index is 2.16. The van der Waals surface area contributed by atoms with E-state index in [0.717, 1.165) is 5.92 Å². The van der Waals surface area contributed by atoms with Crippen LogP contribution in [0.5, 0.6) is 0 Å². The third-order valence-corrected chi connectivity index (χ3v) is 6.65. The van der Waals surface area contributed by atoms with Crippen molar-refractivity contribution in [1.29, 1.82) is 0 Å². The molecular formula is C33H54.